The van der Waals surface area contributed by atoms with Gasteiger partial charge in [-0.05, 0) is 37.0 Å². The van der Waals surface area contributed by atoms with Crippen LogP contribution in [0.15, 0.2) is 54.7 Å². The van der Waals surface area contributed by atoms with Crippen molar-refractivity contribution >= 4 is 29.4 Å². The molecule has 0 radical (unpaired) electrons. The molecule has 38 heavy (non-hydrogen) atoms. The minimum absolute atomic E-state index is 0.221. The van der Waals surface area contributed by atoms with Gasteiger partial charge in [0.1, 0.15) is 6.04 Å². The summed E-state index contributed by atoms with van der Waals surface area (Å²) in [5, 5.41) is 16.7. The van der Waals surface area contributed by atoms with Crippen LogP contribution in [0.1, 0.15) is 47.3 Å². The summed E-state index contributed by atoms with van der Waals surface area (Å²) in [7, 11) is 0. The number of hydrogen-bond donors (Lipinski definition) is 3. The molecule has 10 heteroatoms. The summed E-state index contributed by atoms with van der Waals surface area (Å²) in [4.78, 5) is 36.8. The van der Waals surface area contributed by atoms with Crippen LogP contribution in [0.4, 0.5) is 5.95 Å². The van der Waals surface area contributed by atoms with Gasteiger partial charge in [-0.3, -0.25) is 9.59 Å². The minimum Gasteiger partial charge on any atom is -0.394 e. The van der Waals surface area contributed by atoms with E-state index in [1.807, 2.05) is 49.4 Å². The number of ether oxygens (including phenoxy) is 1. The molecule has 9 nitrogen and oxygen atoms in total. The molecule has 0 saturated carbocycles. The van der Waals surface area contributed by atoms with E-state index < -0.39 is 18.6 Å². The van der Waals surface area contributed by atoms with Crippen molar-refractivity contribution in [3.05, 3.63) is 76.4 Å². The third-order valence-corrected chi connectivity index (χ3v) is 7.30. The lowest BCUT2D eigenvalue weighted by molar-refractivity contribution is -0.127. The van der Waals surface area contributed by atoms with Crippen LogP contribution in [0.25, 0.3) is 11.3 Å². The Labute approximate surface area is 226 Å². The standard InChI is InChI=1S/C28H30ClN5O4/c1-17(18-5-3-2-4-6-18)31-26(36)24(16-35)34-15-20-8-7-19(13-22(20)27(34)37)25-23(29)14-30-28(33-25)32-21-9-11-38-12-10-21/h2-8,13-14,17,21,24,35H,9-12,15-16H2,1H3,(H,31,36)(H,30,32,33). The molecule has 5 rings (SSSR count). The minimum atomic E-state index is -1.01. The first-order chi connectivity index (χ1) is 18.4. The predicted octanol–water partition coefficient (Wildman–Crippen LogP) is 3.58. The smallest absolute Gasteiger partial charge is 0.255 e. The van der Waals surface area contributed by atoms with Crippen LogP contribution in [0.5, 0.6) is 0 Å². The molecule has 0 aliphatic carbocycles. The lowest BCUT2D eigenvalue weighted by atomic mass is 10.0. The van der Waals surface area contributed by atoms with E-state index >= 15 is 0 Å². The highest BCUT2D eigenvalue weighted by Gasteiger charge is 2.37. The van der Waals surface area contributed by atoms with Crippen LogP contribution in [0.3, 0.4) is 0 Å². The number of anilines is 1. The van der Waals surface area contributed by atoms with Gasteiger partial charge in [0.05, 0.1) is 29.6 Å². The molecular formula is C28H30ClN5O4. The number of carbonyl (C=O) groups is 2. The van der Waals surface area contributed by atoms with Crippen molar-refractivity contribution in [1.82, 2.24) is 20.2 Å². The fraction of sp³-hybridized carbons (Fsp3) is 0.357. The van der Waals surface area contributed by atoms with Crippen molar-refractivity contribution in [3.63, 3.8) is 0 Å². The third-order valence-electron chi connectivity index (χ3n) is 7.02. The van der Waals surface area contributed by atoms with Crippen molar-refractivity contribution in [2.45, 2.75) is 44.4 Å². The van der Waals surface area contributed by atoms with Crippen molar-refractivity contribution < 1.29 is 19.4 Å². The fourth-order valence-corrected chi connectivity index (χ4v) is 5.04. The Morgan fingerprint density at radius 2 is 1.97 bits per heavy atom. The molecule has 1 aromatic heterocycles. The van der Waals surface area contributed by atoms with E-state index in [1.165, 1.54) is 4.90 Å². The second-order valence-corrected chi connectivity index (χ2v) is 9.97. The Balaban J connectivity index is 1.33. The lowest BCUT2D eigenvalue weighted by Gasteiger charge is -2.26. The largest absolute Gasteiger partial charge is 0.394 e. The van der Waals surface area contributed by atoms with Gasteiger partial charge in [0, 0.05) is 36.9 Å². The average molecular weight is 536 g/mol. The topological polar surface area (TPSA) is 117 Å². The highest BCUT2D eigenvalue weighted by atomic mass is 35.5. The number of benzene rings is 2. The molecule has 0 spiro atoms. The van der Waals surface area contributed by atoms with Gasteiger partial charge in [0.2, 0.25) is 11.9 Å². The third kappa shape index (κ3) is 5.50. The second kappa shape index (κ2) is 11.5. The number of aliphatic hydroxyl groups excluding tert-OH is 1. The number of aromatic nitrogens is 2. The van der Waals surface area contributed by atoms with Crippen LogP contribution in [-0.2, 0) is 16.1 Å². The Morgan fingerprint density at radius 1 is 1.21 bits per heavy atom. The second-order valence-electron chi connectivity index (χ2n) is 9.57. The molecule has 2 atom stereocenters. The molecular weight excluding hydrogens is 506 g/mol. The van der Waals surface area contributed by atoms with Gasteiger partial charge in [-0.15, -0.1) is 0 Å². The number of amides is 2. The number of nitrogens with one attached hydrogen (secondary N) is 2. The van der Waals surface area contributed by atoms with Crippen LogP contribution in [-0.4, -0.2) is 63.7 Å². The summed E-state index contributed by atoms with van der Waals surface area (Å²) in [6.07, 6.45) is 3.29. The van der Waals surface area contributed by atoms with E-state index in [1.54, 1.807) is 12.3 Å². The normalized spacial score (nSPS) is 17.1. The number of hydrogen-bond acceptors (Lipinski definition) is 7. The summed E-state index contributed by atoms with van der Waals surface area (Å²) in [5.41, 5.74) is 3.35. The number of carbonyl (C=O) groups excluding carboxylic acids is 2. The van der Waals surface area contributed by atoms with Gasteiger partial charge in [-0.2, -0.15) is 0 Å². The van der Waals surface area contributed by atoms with Gasteiger partial charge < -0.3 is 25.4 Å². The molecule has 2 aliphatic heterocycles. The molecule has 1 saturated heterocycles. The number of aliphatic hydroxyl groups is 1. The zero-order valence-electron chi connectivity index (χ0n) is 21.1. The molecule has 3 heterocycles. The Morgan fingerprint density at radius 3 is 2.71 bits per heavy atom. The number of fused-ring (bicyclic) bond motifs is 1. The van der Waals surface area contributed by atoms with E-state index in [0.717, 1.165) is 24.0 Å². The van der Waals surface area contributed by atoms with E-state index in [0.29, 0.717) is 41.0 Å². The van der Waals surface area contributed by atoms with Gasteiger partial charge in [0.15, 0.2) is 0 Å². The first kappa shape index (κ1) is 26.1. The Hall–Kier alpha value is -3.53. The Kier molecular flexibility index (Phi) is 7.87. The molecule has 1 fully saturated rings. The molecule has 0 bridgehead atoms. The highest BCUT2D eigenvalue weighted by molar-refractivity contribution is 6.33. The first-order valence-electron chi connectivity index (χ1n) is 12.7. The number of nitrogens with zero attached hydrogens (tertiary/aromatic N) is 3. The maximum absolute atomic E-state index is 13.4. The zero-order chi connectivity index (χ0) is 26.6. The van der Waals surface area contributed by atoms with Gasteiger partial charge >= 0.3 is 0 Å². The lowest BCUT2D eigenvalue weighted by Crippen LogP contribution is -2.49. The van der Waals surface area contributed by atoms with E-state index in [2.05, 4.69) is 20.6 Å². The maximum Gasteiger partial charge on any atom is 0.255 e. The number of halogens is 1. The molecule has 3 aromatic rings. The van der Waals surface area contributed by atoms with Gasteiger partial charge in [0.25, 0.3) is 5.91 Å². The quantitative estimate of drug-likeness (QED) is 0.403. The van der Waals surface area contributed by atoms with Crippen LogP contribution in [0.2, 0.25) is 5.02 Å². The van der Waals surface area contributed by atoms with Gasteiger partial charge in [-0.25, -0.2) is 9.97 Å². The summed E-state index contributed by atoms with van der Waals surface area (Å²) in [5.74, 6) is -0.267. The number of rotatable bonds is 8. The summed E-state index contributed by atoms with van der Waals surface area (Å²) in [6, 6.07) is 13.9. The van der Waals surface area contributed by atoms with E-state index in [4.69, 9.17) is 16.3 Å². The summed E-state index contributed by atoms with van der Waals surface area (Å²) >= 11 is 6.45. The predicted molar refractivity (Wildman–Crippen MR) is 144 cm³/mol. The molecule has 2 aromatic carbocycles. The van der Waals surface area contributed by atoms with Crippen molar-refractivity contribution in [2.75, 3.05) is 25.1 Å². The van der Waals surface area contributed by atoms with Crippen LogP contribution < -0.4 is 10.6 Å². The first-order valence-corrected chi connectivity index (χ1v) is 13.1. The van der Waals surface area contributed by atoms with Crippen molar-refractivity contribution in [3.8, 4) is 11.3 Å². The Bertz CT molecular complexity index is 1320. The SMILES string of the molecule is CC(NC(=O)C(CO)N1Cc2ccc(-c3nc(NC4CCOCC4)ncc3Cl)cc2C1=O)c1ccccc1. The van der Waals surface area contributed by atoms with Gasteiger partial charge in [-0.1, -0.05) is 54.1 Å². The highest BCUT2D eigenvalue weighted by Crippen LogP contribution is 2.32. The van der Waals surface area contributed by atoms with Crippen LogP contribution in [0, 0.1) is 0 Å². The van der Waals surface area contributed by atoms with Crippen molar-refractivity contribution in [2.24, 2.45) is 0 Å². The van der Waals surface area contributed by atoms with Crippen LogP contribution >= 0.6 is 11.6 Å². The zero-order valence-corrected chi connectivity index (χ0v) is 21.8. The molecule has 198 valence electrons. The molecule has 2 aliphatic rings. The van der Waals surface area contributed by atoms with E-state index in [9.17, 15) is 14.7 Å². The summed E-state index contributed by atoms with van der Waals surface area (Å²) < 4.78 is 5.41. The monoisotopic (exact) mass is 535 g/mol. The molecule has 2 amide bonds. The summed E-state index contributed by atoms with van der Waals surface area (Å²) in [6.45, 7) is 2.99. The fourth-order valence-electron chi connectivity index (χ4n) is 4.84. The van der Waals surface area contributed by atoms with E-state index in [-0.39, 0.29) is 24.5 Å². The maximum atomic E-state index is 13.4. The molecule has 2 unspecified atom stereocenters. The average Bonchev–Trinajstić information content (AvgIpc) is 3.26. The van der Waals surface area contributed by atoms with Crippen molar-refractivity contribution in [1.29, 1.82) is 0 Å². The molecule has 3 N–H and O–H groups in total.